The van der Waals surface area contributed by atoms with E-state index in [4.69, 9.17) is 4.74 Å². The summed E-state index contributed by atoms with van der Waals surface area (Å²) in [6.07, 6.45) is 7.01. The van der Waals surface area contributed by atoms with E-state index in [0.717, 1.165) is 48.3 Å². The summed E-state index contributed by atoms with van der Waals surface area (Å²) in [5, 5.41) is 21.6. The lowest BCUT2D eigenvalue weighted by molar-refractivity contribution is -0.136. The molecule has 0 aliphatic carbocycles. The highest BCUT2D eigenvalue weighted by Crippen LogP contribution is 2.30. The molecule has 0 bridgehead atoms. The number of imide groups is 1. The molecule has 0 radical (unpaired) electrons. The van der Waals surface area contributed by atoms with Crippen molar-refractivity contribution < 1.29 is 14.3 Å². The molecule has 1 N–H and O–H groups in total. The Morgan fingerprint density at radius 3 is 2.44 bits per heavy atom. The molecule has 6 aromatic rings. The number of fused-ring (bicyclic) bond motifs is 1. The highest BCUT2D eigenvalue weighted by atomic mass is 16.5. The third-order valence-corrected chi connectivity index (χ3v) is 10.1. The highest BCUT2D eigenvalue weighted by molar-refractivity contribution is 5.99. The average molecular weight is 734 g/mol. The zero-order chi connectivity index (χ0) is 37.9. The first-order chi connectivity index (χ1) is 26.8. The van der Waals surface area contributed by atoms with E-state index < -0.39 is 11.9 Å². The van der Waals surface area contributed by atoms with Gasteiger partial charge in [0.15, 0.2) is 11.6 Å². The molecule has 55 heavy (non-hydrogen) atoms. The van der Waals surface area contributed by atoms with Gasteiger partial charge in [-0.2, -0.15) is 15.5 Å². The van der Waals surface area contributed by atoms with Crippen LogP contribution in [0.25, 0.3) is 33.4 Å². The number of hydrogen-bond donors (Lipinski definition) is 1. The van der Waals surface area contributed by atoms with Crippen molar-refractivity contribution >= 4 is 28.3 Å². The molecule has 2 aliphatic rings. The minimum absolute atomic E-state index is 0.159. The van der Waals surface area contributed by atoms with E-state index in [1.54, 1.807) is 42.9 Å². The third kappa shape index (κ3) is 7.45. The van der Waals surface area contributed by atoms with E-state index in [2.05, 4.69) is 36.5 Å². The van der Waals surface area contributed by atoms with Crippen molar-refractivity contribution in [3.63, 3.8) is 0 Å². The molecule has 1 atom stereocenters. The van der Waals surface area contributed by atoms with Gasteiger partial charge in [0.05, 0.1) is 60.1 Å². The van der Waals surface area contributed by atoms with Gasteiger partial charge >= 0.3 is 0 Å². The summed E-state index contributed by atoms with van der Waals surface area (Å²) in [6, 6.07) is 24.8. The van der Waals surface area contributed by atoms with Crippen LogP contribution in [0.3, 0.4) is 0 Å². The summed E-state index contributed by atoms with van der Waals surface area (Å²) in [5.41, 5.74) is 3.72. The van der Waals surface area contributed by atoms with Crippen LogP contribution in [0.2, 0.25) is 0 Å². The Morgan fingerprint density at radius 1 is 0.855 bits per heavy atom. The molecule has 2 fully saturated rings. The van der Waals surface area contributed by atoms with Gasteiger partial charge in [-0.05, 0) is 61.1 Å². The summed E-state index contributed by atoms with van der Waals surface area (Å²) >= 11 is 0. The molecule has 2 amide bonds. The Balaban J connectivity index is 0.888. The van der Waals surface area contributed by atoms with Crippen LogP contribution in [0.15, 0.2) is 107 Å². The van der Waals surface area contributed by atoms with E-state index in [0.29, 0.717) is 40.2 Å². The molecule has 3 aromatic carbocycles. The minimum Gasteiger partial charge on any atom is -0.490 e. The van der Waals surface area contributed by atoms with E-state index in [1.165, 1.54) is 15.4 Å². The van der Waals surface area contributed by atoms with Gasteiger partial charge in [0.2, 0.25) is 5.91 Å². The number of nitrogens with one attached hydrogen (secondary N) is 1. The SMILES string of the molecule is N#Cc1cccc(-c2ccc(=O)n(Cc3cccc(-c4ncc(OCC5CCN(c6cccc7cnn(C8CCC(=O)NC8=O)c(=O)c67)CC5)cn4)c3)n2)c1. The lowest BCUT2D eigenvalue weighted by Crippen LogP contribution is -2.45. The highest BCUT2D eigenvalue weighted by Gasteiger charge is 2.31. The van der Waals surface area contributed by atoms with Crippen molar-refractivity contribution in [2.75, 3.05) is 24.6 Å². The van der Waals surface area contributed by atoms with E-state index in [1.807, 2.05) is 48.5 Å². The first kappa shape index (κ1) is 35.0. The molecule has 2 saturated heterocycles. The fourth-order valence-corrected chi connectivity index (χ4v) is 7.13. The number of carbonyl (C=O) groups excluding carboxylic acids is 2. The number of amides is 2. The molecule has 5 heterocycles. The largest absolute Gasteiger partial charge is 0.490 e. The van der Waals surface area contributed by atoms with Crippen LogP contribution < -0.4 is 26.1 Å². The van der Waals surface area contributed by atoms with Gasteiger partial charge in [-0.15, -0.1) is 0 Å². The molecular weight excluding hydrogens is 699 g/mol. The van der Waals surface area contributed by atoms with Gasteiger partial charge in [-0.3, -0.25) is 24.5 Å². The molecule has 8 rings (SSSR count). The van der Waals surface area contributed by atoms with Crippen LogP contribution in [0.4, 0.5) is 5.69 Å². The van der Waals surface area contributed by atoms with Crippen molar-refractivity contribution in [3.8, 4) is 34.5 Å². The normalized spacial score (nSPS) is 16.1. The van der Waals surface area contributed by atoms with Gasteiger partial charge in [0.1, 0.15) is 6.04 Å². The predicted molar refractivity (Wildman–Crippen MR) is 203 cm³/mol. The van der Waals surface area contributed by atoms with Crippen LogP contribution >= 0.6 is 0 Å². The minimum atomic E-state index is -0.825. The Kier molecular flexibility index (Phi) is 9.65. The van der Waals surface area contributed by atoms with Gasteiger partial charge in [0.25, 0.3) is 17.0 Å². The first-order valence-electron chi connectivity index (χ1n) is 18.0. The second kappa shape index (κ2) is 15.2. The average Bonchev–Trinajstić information content (AvgIpc) is 3.22. The Morgan fingerprint density at radius 2 is 1.64 bits per heavy atom. The Labute approximate surface area is 314 Å². The van der Waals surface area contributed by atoms with Crippen LogP contribution in [0.1, 0.15) is 42.9 Å². The van der Waals surface area contributed by atoms with Crippen molar-refractivity contribution in [1.29, 1.82) is 5.26 Å². The molecule has 0 saturated carbocycles. The zero-order valence-corrected chi connectivity index (χ0v) is 29.7. The molecule has 14 nitrogen and oxygen atoms in total. The van der Waals surface area contributed by atoms with Crippen molar-refractivity contribution in [3.05, 3.63) is 129 Å². The fraction of sp³-hybridized carbons (Fsp3) is 0.244. The number of ether oxygens (including phenoxy) is 1. The Hall–Kier alpha value is -7.01. The van der Waals surface area contributed by atoms with Crippen LogP contribution in [-0.2, 0) is 16.1 Å². The van der Waals surface area contributed by atoms with Gasteiger partial charge in [0, 0.05) is 42.1 Å². The monoisotopic (exact) mass is 733 g/mol. The van der Waals surface area contributed by atoms with Crippen molar-refractivity contribution in [2.24, 2.45) is 5.92 Å². The predicted octanol–water partition coefficient (Wildman–Crippen LogP) is 4.27. The summed E-state index contributed by atoms with van der Waals surface area (Å²) < 4.78 is 8.72. The van der Waals surface area contributed by atoms with Gasteiger partial charge in [-0.1, -0.05) is 42.5 Å². The molecule has 3 aromatic heterocycles. The number of piperidine rings is 2. The molecular formula is C41H35N9O5. The lowest BCUT2D eigenvalue weighted by atomic mass is 9.96. The van der Waals surface area contributed by atoms with Gasteiger partial charge in [-0.25, -0.2) is 19.3 Å². The first-order valence-corrected chi connectivity index (χ1v) is 18.0. The maximum atomic E-state index is 13.7. The number of hydrogen-bond acceptors (Lipinski definition) is 11. The van der Waals surface area contributed by atoms with E-state index in [-0.39, 0.29) is 42.3 Å². The molecule has 2 aliphatic heterocycles. The smallest absolute Gasteiger partial charge is 0.277 e. The van der Waals surface area contributed by atoms with Crippen molar-refractivity contribution in [2.45, 2.75) is 38.3 Å². The number of anilines is 1. The van der Waals surface area contributed by atoms with Gasteiger partial charge < -0.3 is 9.64 Å². The summed E-state index contributed by atoms with van der Waals surface area (Å²) in [4.78, 5) is 61.9. The standard InChI is InChI=1S/C41H35N9O5/c42-20-27-4-1-6-29(18-27)33-10-13-37(52)49(47-33)24-28-5-2-7-30(19-28)39-43-22-32(23-44-39)55-25-26-14-16-48(17-15-26)34-9-3-8-31-21-45-50(41(54)38(31)34)35-11-12-36(51)46-40(35)53/h1-10,13,18-19,21-23,26,35H,11-12,14-17,24-25H2,(H,46,51,53). The number of carbonyl (C=O) groups is 2. The van der Waals surface area contributed by atoms with Crippen LogP contribution in [-0.4, -0.2) is 61.0 Å². The third-order valence-electron chi connectivity index (χ3n) is 10.1. The number of aromatic nitrogens is 6. The van der Waals surface area contributed by atoms with Crippen LogP contribution in [0, 0.1) is 17.2 Å². The number of nitrogens with zero attached hydrogens (tertiary/aromatic N) is 8. The lowest BCUT2D eigenvalue weighted by Gasteiger charge is -2.34. The fourth-order valence-electron chi connectivity index (χ4n) is 7.13. The maximum absolute atomic E-state index is 13.7. The zero-order valence-electron chi connectivity index (χ0n) is 29.7. The summed E-state index contributed by atoms with van der Waals surface area (Å²) in [5.74, 6) is 0.515. The summed E-state index contributed by atoms with van der Waals surface area (Å²) in [6.45, 7) is 2.19. The second-order valence-electron chi connectivity index (χ2n) is 13.7. The quantitative estimate of drug-likeness (QED) is 0.210. The molecule has 274 valence electrons. The maximum Gasteiger partial charge on any atom is 0.277 e. The summed E-state index contributed by atoms with van der Waals surface area (Å²) in [7, 11) is 0. The number of rotatable bonds is 9. The number of benzene rings is 3. The molecule has 0 spiro atoms. The van der Waals surface area contributed by atoms with Crippen molar-refractivity contribution in [1.82, 2.24) is 34.8 Å². The van der Waals surface area contributed by atoms with Crippen LogP contribution in [0.5, 0.6) is 5.75 Å². The van der Waals surface area contributed by atoms with E-state index in [9.17, 15) is 24.4 Å². The Bertz CT molecular complexity index is 2590. The van der Waals surface area contributed by atoms with E-state index >= 15 is 0 Å². The number of nitriles is 1. The topological polar surface area (TPSA) is 178 Å². The molecule has 1 unspecified atom stereocenters. The molecule has 14 heteroatoms. The second-order valence-corrected chi connectivity index (χ2v) is 13.7.